The van der Waals surface area contributed by atoms with E-state index >= 15 is 0 Å². The van der Waals surface area contributed by atoms with Crippen molar-refractivity contribution in [2.24, 2.45) is 5.92 Å². The Morgan fingerprint density at radius 1 is 1.47 bits per heavy atom. The second-order valence-electron chi connectivity index (χ2n) is 4.43. The minimum Gasteiger partial charge on any atom is -0.338 e. The van der Waals surface area contributed by atoms with Crippen LogP contribution in [0, 0.1) is 11.7 Å². The van der Waals surface area contributed by atoms with E-state index in [1.807, 2.05) is 13.8 Å². The van der Waals surface area contributed by atoms with Crippen molar-refractivity contribution in [2.45, 2.75) is 20.3 Å². The summed E-state index contributed by atoms with van der Waals surface area (Å²) < 4.78 is 18.9. The zero-order valence-electron chi connectivity index (χ0n) is 10.5. The molecule has 1 aromatic carbocycles. The molecule has 4 nitrogen and oxygen atoms in total. The molecule has 0 saturated carbocycles. The maximum Gasteiger partial charge on any atom is 0.234 e. The number of rotatable bonds is 4. The quantitative estimate of drug-likeness (QED) is 0.864. The molecule has 0 fully saturated rings. The van der Waals surface area contributed by atoms with Crippen molar-refractivity contribution in [2.75, 3.05) is 0 Å². The molecule has 0 aliphatic rings. The van der Waals surface area contributed by atoms with Gasteiger partial charge in [0.1, 0.15) is 11.6 Å². The van der Waals surface area contributed by atoms with Crippen LogP contribution in [0.5, 0.6) is 0 Å². The summed E-state index contributed by atoms with van der Waals surface area (Å²) in [5.74, 6) is 0.0513. The van der Waals surface area contributed by atoms with Crippen molar-refractivity contribution >= 4 is 21.7 Å². The molecule has 0 spiro atoms. The van der Waals surface area contributed by atoms with Gasteiger partial charge < -0.3 is 4.52 Å². The molecule has 19 heavy (non-hydrogen) atoms. The maximum atomic E-state index is 13.2. The highest BCUT2D eigenvalue weighted by Crippen LogP contribution is 2.26. The Labute approximate surface area is 118 Å². The van der Waals surface area contributed by atoms with Gasteiger partial charge in [-0.15, -0.1) is 0 Å². The number of ketones is 1. The van der Waals surface area contributed by atoms with Crippen molar-refractivity contribution in [3.63, 3.8) is 0 Å². The molecule has 0 bridgehead atoms. The molecule has 0 aliphatic carbocycles. The summed E-state index contributed by atoms with van der Waals surface area (Å²) in [5.41, 5.74) is 0.493. The largest absolute Gasteiger partial charge is 0.338 e. The first-order chi connectivity index (χ1) is 8.97. The molecular formula is C13H12BrFN2O2. The van der Waals surface area contributed by atoms with Gasteiger partial charge in [0.05, 0.1) is 6.42 Å². The van der Waals surface area contributed by atoms with Crippen LogP contribution in [0.3, 0.4) is 0 Å². The fourth-order valence-corrected chi connectivity index (χ4v) is 1.88. The zero-order chi connectivity index (χ0) is 14.0. The lowest BCUT2D eigenvalue weighted by molar-refractivity contribution is -0.121. The number of hydrogen-bond acceptors (Lipinski definition) is 4. The van der Waals surface area contributed by atoms with E-state index in [1.165, 1.54) is 12.1 Å². The van der Waals surface area contributed by atoms with Crippen LogP contribution >= 0.6 is 15.9 Å². The van der Waals surface area contributed by atoms with Gasteiger partial charge in [0.2, 0.25) is 11.7 Å². The molecule has 0 amide bonds. The minimum atomic E-state index is -0.386. The molecular weight excluding hydrogens is 315 g/mol. The Bertz CT molecular complexity index is 610. The molecule has 100 valence electrons. The summed E-state index contributed by atoms with van der Waals surface area (Å²) in [6, 6.07) is 4.21. The lowest BCUT2D eigenvalue weighted by Gasteiger charge is -1.99. The summed E-state index contributed by atoms with van der Waals surface area (Å²) in [6.45, 7) is 3.62. The molecule has 6 heteroatoms. The highest BCUT2D eigenvalue weighted by atomic mass is 79.9. The van der Waals surface area contributed by atoms with E-state index in [1.54, 1.807) is 6.07 Å². The Morgan fingerprint density at radius 2 is 2.21 bits per heavy atom. The number of nitrogens with zero attached hydrogens (tertiary/aromatic N) is 2. The number of halogens is 2. The van der Waals surface area contributed by atoms with Gasteiger partial charge in [-0.2, -0.15) is 4.98 Å². The van der Waals surface area contributed by atoms with Crippen molar-refractivity contribution in [3.05, 3.63) is 34.4 Å². The van der Waals surface area contributed by atoms with Crippen LogP contribution in [0.1, 0.15) is 19.7 Å². The third-order valence-corrected chi connectivity index (χ3v) is 3.30. The van der Waals surface area contributed by atoms with Crippen LogP contribution < -0.4 is 0 Å². The van der Waals surface area contributed by atoms with Crippen LogP contribution in [-0.2, 0) is 11.2 Å². The molecule has 0 radical (unpaired) electrons. The van der Waals surface area contributed by atoms with Crippen LogP contribution in [0.2, 0.25) is 0 Å². The number of carbonyl (C=O) groups is 1. The lowest BCUT2D eigenvalue weighted by atomic mass is 10.1. The smallest absolute Gasteiger partial charge is 0.234 e. The summed E-state index contributed by atoms with van der Waals surface area (Å²) in [5, 5.41) is 3.77. The predicted molar refractivity (Wildman–Crippen MR) is 70.9 cm³/mol. The topological polar surface area (TPSA) is 56.0 Å². The third-order valence-electron chi connectivity index (χ3n) is 2.61. The van der Waals surface area contributed by atoms with E-state index in [0.717, 1.165) is 0 Å². The van der Waals surface area contributed by atoms with Gasteiger partial charge >= 0.3 is 0 Å². The van der Waals surface area contributed by atoms with Gasteiger partial charge in [0, 0.05) is 16.0 Å². The SMILES string of the molecule is CC(C)C(=O)Cc1nc(-c2cc(F)ccc2Br)no1. The standard InChI is InChI=1S/C13H12BrFN2O2/c1-7(2)11(18)6-12-16-13(17-19-12)9-5-8(15)3-4-10(9)14/h3-5,7H,6H2,1-2H3. The fourth-order valence-electron chi connectivity index (χ4n) is 1.46. The number of hydrogen-bond donors (Lipinski definition) is 0. The van der Waals surface area contributed by atoms with Gasteiger partial charge in [-0.1, -0.05) is 34.9 Å². The third kappa shape index (κ3) is 3.26. The maximum absolute atomic E-state index is 13.2. The van der Waals surface area contributed by atoms with E-state index < -0.39 is 0 Å². The van der Waals surface area contributed by atoms with E-state index in [4.69, 9.17) is 4.52 Å². The summed E-state index contributed by atoms with van der Waals surface area (Å²) in [6.07, 6.45) is 0.0948. The number of carbonyl (C=O) groups excluding carboxylic acids is 1. The van der Waals surface area contributed by atoms with Crippen LogP contribution in [0.15, 0.2) is 27.2 Å². The van der Waals surface area contributed by atoms with E-state index in [-0.39, 0.29) is 35.7 Å². The second kappa shape index (κ2) is 5.61. The lowest BCUT2D eigenvalue weighted by Crippen LogP contribution is -2.10. The highest BCUT2D eigenvalue weighted by molar-refractivity contribution is 9.10. The second-order valence-corrected chi connectivity index (χ2v) is 5.29. The summed E-state index contributed by atoms with van der Waals surface area (Å²) in [4.78, 5) is 15.7. The molecule has 1 aromatic heterocycles. The zero-order valence-corrected chi connectivity index (χ0v) is 12.1. The van der Waals surface area contributed by atoms with Crippen LogP contribution in [0.25, 0.3) is 11.4 Å². The number of Topliss-reactive ketones (excluding diaryl/α,β-unsaturated/α-hetero) is 1. The molecule has 1 heterocycles. The molecule has 0 aliphatic heterocycles. The Morgan fingerprint density at radius 3 is 2.89 bits per heavy atom. The van der Waals surface area contributed by atoms with Crippen molar-refractivity contribution in [1.82, 2.24) is 10.1 Å². The molecule has 2 aromatic rings. The van der Waals surface area contributed by atoms with Crippen molar-refractivity contribution < 1.29 is 13.7 Å². The Hall–Kier alpha value is -1.56. The van der Waals surface area contributed by atoms with E-state index in [0.29, 0.717) is 10.0 Å². The minimum absolute atomic E-state index is 0.0218. The monoisotopic (exact) mass is 326 g/mol. The van der Waals surface area contributed by atoms with Gasteiger partial charge in [-0.25, -0.2) is 4.39 Å². The van der Waals surface area contributed by atoms with E-state index in [2.05, 4.69) is 26.1 Å². The first-order valence-electron chi connectivity index (χ1n) is 5.78. The summed E-state index contributed by atoms with van der Waals surface area (Å²) in [7, 11) is 0. The van der Waals surface area contributed by atoms with Crippen LogP contribution in [-0.4, -0.2) is 15.9 Å². The van der Waals surface area contributed by atoms with Gasteiger partial charge in [0.25, 0.3) is 0 Å². The molecule has 2 rings (SSSR count). The average Bonchev–Trinajstić information content (AvgIpc) is 2.80. The number of aromatic nitrogens is 2. The molecule has 0 saturated heterocycles. The van der Waals surface area contributed by atoms with Gasteiger partial charge in [0.15, 0.2) is 0 Å². The molecule has 0 atom stereocenters. The number of benzene rings is 1. The van der Waals surface area contributed by atoms with E-state index in [9.17, 15) is 9.18 Å². The average molecular weight is 327 g/mol. The Kier molecular flexibility index (Phi) is 4.09. The van der Waals surface area contributed by atoms with Crippen LogP contribution in [0.4, 0.5) is 4.39 Å². The fraction of sp³-hybridized carbons (Fsp3) is 0.308. The van der Waals surface area contributed by atoms with Crippen molar-refractivity contribution in [3.8, 4) is 11.4 Å². The van der Waals surface area contributed by atoms with Gasteiger partial charge in [-0.3, -0.25) is 4.79 Å². The molecule has 0 N–H and O–H groups in total. The Balaban J connectivity index is 2.26. The van der Waals surface area contributed by atoms with Crippen molar-refractivity contribution in [1.29, 1.82) is 0 Å². The highest BCUT2D eigenvalue weighted by Gasteiger charge is 2.16. The predicted octanol–water partition coefficient (Wildman–Crippen LogP) is 3.41. The molecule has 0 unspecified atom stereocenters. The normalized spacial score (nSPS) is 11.0. The first kappa shape index (κ1) is 13.9. The van der Waals surface area contributed by atoms with Gasteiger partial charge in [-0.05, 0) is 18.2 Å². The summed E-state index contributed by atoms with van der Waals surface area (Å²) >= 11 is 3.30. The first-order valence-corrected chi connectivity index (χ1v) is 6.57.